The van der Waals surface area contributed by atoms with Crippen molar-refractivity contribution in [2.45, 2.75) is 50.4 Å². The molecule has 1 aliphatic carbocycles. The molecule has 3 unspecified atom stereocenters. The van der Waals surface area contributed by atoms with Gasteiger partial charge in [0.05, 0.1) is 0 Å². The van der Waals surface area contributed by atoms with Gasteiger partial charge >= 0.3 is 0 Å². The Morgan fingerprint density at radius 2 is 2.12 bits per heavy atom. The second kappa shape index (κ2) is 4.89. The van der Waals surface area contributed by atoms with Crippen LogP contribution in [0.2, 0.25) is 0 Å². The van der Waals surface area contributed by atoms with E-state index in [1.165, 1.54) is 24.3 Å². The SMILES string of the molecule is [2H]C1C([2H])([2H])C([2H])([2H])C([2H])([2H])C(O)(C([2H])([N+]#[C-])c2ccc(C)cc2)C1([2H])[2H]. The molecule has 3 atom stereocenters. The lowest BCUT2D eigenvalue weighted by Gasteiger charge is -2.32. The number of rotatable bonds is 2. The van der Waals surface area contributed by atoms with Crippen LogP contribution in [-0.2, 0) is 0 Å². The van der Waals surface area contributed by atoms with E-state index < -0.39 is 43.5 Å². The molecule has 1 N–H and O–H groups in total. The van der Waals surface area contributed by atoms with Crippen LogP contribution in [0.15, 0.2) is 24.3 Å². The Morgan fingerprint density at radius 3 is 2.76 bits per heavy atom. The van der Waals surface area contributed by atoms with Crippen molar-refractivity contribution < 1.29 is 18.8 Å². The van der Waals surface area contributed by atoms with E-state index in [1.807, 2.05) is 0 Å². The molecule has 0 radical (unpaired) electrons. The fourth-order valence-electron chi connectivity index (χ4n) is 1.53. The van der Waals surface area contributed by atoms with Crippen molar-refractivity contribution in [2.24, 2.45) is 0 Å². The molecule has 1 aliphatic rings. The molecule has 2 rings (SSSR count). The van der Waals surface area contributed by atoms with E-state index in [2.05, 4.69) is 4.85 Å². The predicted molar refractivity (Wildman–Crippen MR) is 68.6 cm³/mol. The summed E-state index contributed by atoms with van der Waals surface area (Å²) in [7, 11) is 0. The fourth-order valence-corrected chi connectivity index (χ4v) is 1.53. The molecule has 1 fully saturated rings. The number of benzene rings is 1. The van der Waals surface area contributed by atoms with Crippen LogP contribution in [0.25, 0.3) is 4.85 Å². The fraction of sp³-hybridized carbons (Fsp3) is 0.533. The van der Waals surface area contributed by atoms with Crippen molar-refractivity contribution in [3.63, 3.8) is 0 Å². The zero-order chi connectivity index (χ0) is 21.3. The predicted octanol–water partition coefficient (Wildman–Crippen LogP) is 3.65. The van der Waals surface area contributed by atoms with Crippen LogP contribution in [0.1, 0.15) is 62.7 Å². The highest BCUT2D eigenvalue weighted by Crippen LogP contribution is 2.40. The molecule has 1 saturated carbocycles. The van der Waals surface area contributed by atoms with E-state index in [1.54, 1.807) is 6.92 Å². The monoisotopic (exact) mass is 239 g/mol. The van der Waals surface area contributed by atoms with E-state index in [-0.39, 0.29) is 5.56 Å². The first-order chi connectivity index (χ1) is 12.0. The van der Waals surface area contributed by atoms with Crippen molar-refractivity contribution in [1.82, 2.24) is 0 Å². The molecule has 0 amide bonds. The lowest BCUT2D eigenvalue weighted by atomic mass is 9.77. The zero-order valence-electron chi connectivity index (χ0n) is 19.3. The molecule has 2 nitrogen and oxygen atoms in total. The van der Waals surface area contributed by atoms with Gasteiger partial charge in [0, 0.05) is 17.9 Å². The molecule has 0 heterocycles. The number of hydrogen-bond donors (Lipinski definition) is 1. The van der Waals surface area contributed by atoms with Crippen LogP contribution in [0.5, 0.6) is 0 Å². The normalized spacial score (nSPS) is 52.9. The molecule has 0 bridgehead atoms. The minimum absolute atomic E-state index is 0.288. The van der Waals surface area contributed by atoms with E-state index in [4.69, 9.17) is 20.3 Å². The van der Waals surface area contributed by atoms with Gasteiger partial charge < -0.3 is 9.95 Å². The Bertz CT molecular complexity index is 787. The molecule has 90 valence electrons. The van der Waals surface area contributed by atoms with E-state index >= 15 is 0 Å². The minimum atomic E-state index is -3.72. The lowest BCUT2D eigenvalue weighted by Crippen LogP contribution is -2.36. The Hall–Kier alpha value is -1.33. The van der Waals surface area contributed by atoms with Gasteiger partial charge in [-0.3, -0.25) is 0 Å². The third-order valence-corrected chi connectivity index (χ3v) is 2.45. The second-order valence-electron chi connectivity index (χ2n) is 3.72. The van der Waals surface area contributed by atoms with Gasteiger partial charge in [0.15, 0.2) is 0 Å². The summed E-state index contributed by atoms with van der Waals surface area (Å²) in [6, 6.07) is 2.31. The molecule has 0 spiro atoms. The largest absolute Gasteiger partial charge is 0.381 e. The van der Waals surface area contributed by atoms with Gasteiger partial charge in [-0.05, 0) is 19.7 Å². The third-order valence-electron chi connectivity index (χ3n) is 2.45. The molecule has 0 aliphatic heterocycles. The summed E-state index contributed by atoms with van der Waals surface area (Å²) in [5.41, 5.74) is -3.26. The van der Waals surface area contributed by atoms with Crippen molar-refractivity contribution in [3.05, 3.63) is 46.8 Å². The van der Waals surface area contributed by atoms with Crippen LogP contribution >= 0.6 is 0 Å². The first-order valence-electron chi connectivity index (χ1n) is 10.1. The quantitative estimate of drug-likeness (QED) is 0.783. The van der Waals surface area contributed by atoms with Gasteiger partial charge in [-0.25, -0.2) is 6.57 Å². The molecular weight excluding hydrogens is 210 g/mol. The van der Waals surface area contributed by atoms with Crippen molar-refractivity contribution in [1.29, 1.82) is 0 Å². The Balaban J connectivity index is 2.92. The van der Waals surface area contributed by atoms with Crippen molar-refractivity contribution in [2.75, 3.05) is 0 Å². The molecule has 2 heteroatoms. The summed E-state index contributed by atoms with van der Waals surface area (Å²) in [4.78, 5) is 2.97. The van der Waals surface area contributed by atoms with Gasteiger partial charge in [0.2, 0.25) is 0 Å². The van der Waals surface area contributed by atoms with E-state index in [9.17, 15) is 5.11 Å². The summed E-state index contributed by atoms with van der Waals surface area (Å²) in [6.07, 6.45) is -16.7. The number of nitrogens with zero attached hydrogens (tertiary/aromatic N) is 1. The maximum absolute atomic E-state index is 11.2. The van der Waals surface area contributed by atoms with Gasteiger partial charge in [0.25, 0.3) is 6.02 Å². The summed E-state index contributed by atoms with van der Waals surface area (Å²) in [6.45, 7) is 9.13. The summed E-state index contributed by atoms with van der Waals surface area (Å²) >= 11 is 0. The number of aryl methyl sites for hydroxylation is 1. The van der Waals surface area contributed by atoms with Gasteiger partial charge in [-0.15, -0.1) is 0 Å². The van der Waals surface area contributed by atoms with Crippen LogP contribution in [0.3, 0.4) is 0 Å². The maximum Gasteiger partial charge on any atom is 0.276 e. The molecule has 0 aromatic heterocycles. The minimum Gasteiger partial charge on any atom is -0.381 e. The Labute approximate surface area is 117 Å². The molecular formula is C15H19NO. The number of hydrogen-bond acceptors (Lipinski definition) is 1. The standard InChI is InChI=1S/C15H19NO/c1-12-6-8-13(9-7-12)14(16-2)15(17)10-4-3-5-11-15/h6-9,14,17H,3-5,10-11H2,1H3/i3D2,4D,5D2,10D2,11D2,14D. The molecule has 1 aromatic rings. The van der Waals surface area contributed by atoms with Crippen LogP contribution < -0.4 is 0 Å². The highest BCUT2D eigenvalue weighted by Gasteiger charge is 2.43. The van der Waals surface area contributed by atoms with Gasteiger partial charge in [-0.1, -0.05) is 49.0 Å². The third kappa shape index (κ3) is 2.50. The second-order valence-corrected chi connectivity index (χ2v) is 3.72. The van der Waals surface area contributed by atoms with Gasteiger partial charge in [-0.2, -0.15) is 0 Å². The average molecular weight is 239 g/mol. The highest BCUT2D eigenvalue weighted by atomic mass is 16.3. The maximum atomic E-state index is 11.2. The summed E-state index contributed by atoms with van der Waals surface area (Å²) in [5.74, 6) is 0. The molecule has 0 saturated heterocycles. The average Bonchev–Trinajstić information content (AvgIpc) is 2.58. The summed E-state index contributed by atoms with van der Waals surface area (Å²) in [5, 5.41) is 11.2. The van der Waals surface area contributed by atoms with Crippen LogP contribution in [0, 0.1) is 13.5 Å². The first-order valence-corrected chi connectivity index (χ1v) is 5.07. The van der Waals surface area contributed by atoms with Crippen LogP contribution in [0.4, 0.5) is 0 Å². The van der Waals surface area contributed by atoms with Crippen molar-refractivity contribution >= 4 is 0 Å². The lowest BCUT2D eigenvalue weighted by molar-refractivity contribution is -0.00978. The van der Waals surface area contributed by atoms with Crippen molar-refractivity contribution in [3.8, 4) is 0 Å². The topological polar surface area (TPSA) is 24.6 Å². The zero-order valence-corrected chi connectivity index (χ0v) is 9.28. The van der Waals surface area contributed by atoms with Crippen LogP contribution in [-0.4, -0.2) is 10.7 Å². The van der Waals surface area contributed by atoms with E-state index in [0.717, 1.165) is 5.56 Å². The highest BCUT2D eigenvalue weighted by molar-refractivity contribution is 5.28. The first kappa shape index (κ1) is 4.74. The molecule has 1 aromatic carbocycles. The smallest absolute Gasteiger partial charge is 0.276 e. The Kier molecular flexibility index (Phi) is 1.36. The molecule has 17 heavy (non-hydrogen) atoms. The van der Waals surface area contributed by atoms with Gasteiger partial charge in [0.1, 0.15) is 6.97 Å². The summed E-state index contributed by atoms with van der Waals surface area (Å²) < 4.78 is 80.5. The Morgan fingerprint density at radius 1 is 1.41 bits per heavy atom. The number of aliphatic hydroxyl groups is 1. The van der Waals surface area contributed by atoms with E-state index in [0.29, 0.717) is 0 Å².